The number of carbonyl (C=O) groups is 2. The van der Waals surface area contributed by atoms with Gasteiger partial charge in [-0.05, 0) is 0 Å². The minimum absolute atomic E-state index is 0.0176. The number of carbonyl (C=O) groups excluding carboxylic acids is 2. The molecule has 0 amide bonds. The lowest BCUT2D eigenvalue weighted by Crippen LogP contribution is -2.35. The average Bonchev–Trinajstić information content (AvgIpc) is 2.28. The molecule has 0 heterocycles. The topological polar surface area (TPSA) is 85.3 Å². The number of nitrogens with zero attached hydrogens (tertiary/aromatic N) is 2. The molecule has 0 saturated heterocycles. The van der Waals surface area contributed by atoms with Gasteiger partial charge in [0.2, 0.25) is 0 Å². The maximum Gasteiger partial charge on any atom is 0.307 e. The minimum atomic E-state index is -0.723. The van der Waals surface area contributed by atoms with Gasteiger partial charge in [0, 0.05) is 13.3 Å². The molecular formula is C10H18N2O5. The van der Waals surface area contributed by atoms with Gasteiger partial charge in [0.1, 0.15) is 0 Å². The van der Waals surface area contributed by atoms with E-state index in [4.69, 9.17) is 4.74 Å². The molecule has 7 nitrogen and oxygen atoms in total. The molecule has 0 aliphatic rings. The Balaban J connectivity index is 4.38. The fourth-order valence-electron chi connectivity index (χ4n) is 1.25. The summed E-state index contributed by atoms with van der Waals surface area (Å²) in [5, 5.41) is 3.81. The highest BCUT2D eigenvalue weighted by Crippen LogP contribution is 2.10. The van der Waals surface area contributed by atoms with Crippen molar-refractivity contribution in [3.8, 4) is 0 Å². The van der Waals surface area contributed by atoms with Crippen molar-refractivity contribution in [1.29, 1.82) is 0 Å². The monoisotopic (exact) mass is 246 g/mol. The largest absolute Gasteiger partial charge is 0.469 e. The molecule has 0 rings (SSSR count). The molecule has 0 radical (unpaired) electrons. The van der Waals surface area contributed by atoms with Gasteiger partial charge in [0.05, 0.1) is 25.4 Å². The first kappa shape index (κ1) is 15.3. The van der Waals surface area contributed by atoms with Crippen LogP contribution in [0.25, 0.3) is 0 Å². The molecule has 17 heavy (non-hydrogen) atoms. The zero-order valence-electron chi connectivity index (χ0n) is 10.3. The lowest BCUT2D eigenvalue weighted by Gasteiger charge is -2.24. The first-order chi connectivity index (χ1) is 8.04. The van der Waals surface area contributed by atoms with Gasteiger partial charge in [-0.2, -0.15) is 0 Å². The minimum Gasteiger partial charge on any atom is -0.469 e. The molecule has 0 aromatic carbocycles. The van der Waals surface area contributed by atoms with E-state index in [2.05, 4.69) is 10.0 Å². The highest BCUT2D eigenvalue weighted by molar-refractivity contribution is 5.69. The molecule has 0 spiro atoms. The lowest BCUT2D eigenvalue weighted by atomic mass is 10.3. The number of methoxy groups -OCH3 is 1. The van der Waals surface area contributed by atoms with Crippen LogP contribution in [0.5, 0.6) is 0 Å². The molecule has 0 fully saturated rings. The highest BCUT2D eigenvalue weighted by Gasteiger charge is 2.21. The fourth-order valence-corrected chi connectivity index (χ4v) is 1.25. The maximum atomic E-state index is 10.9. The van der Waals surface area contributed by atoms with E-state index >= 15 is 0 Å². The average molecular weight is 246 g/mol. The Bertz CT molecular complexity index is 269. The lowest BCUT2D eigenvalue weighted by molar-refractivity contribution is -0.158. The summed E-state index contributed by atoms with van der Waals surface area (Å²) in [6.07, 6.45) is 0.498. The van der Waals surface area contributed by atoms with Gasteiger partial charge in [0.15, 0.2) is 6.23 Å². The van der Waals surface area contributed by atoms with Crippen molar-refractivity contribution in [3.05, 3.63) is 4.91 Å². The summed E-state index contributed by atoms with van der Waals surface area (Å²) in [7, 11) is 1.26. The van der Waals surface area contributed by atoms with Crippen molar-refractivity contribution < 1.29 is 19.1 Å². The summed E-state index contributed by atoms with van der Waals surface area (Å²) in [4.78, 5) is 32.4. The van der Waals surface area contributed by atoms with E-state index in [1.807, 2.05) is 6.92 Å². The van der Waals surface area contributed by atoms with Crippen molar-refractivity contribution >= 4 is 11.9 Å². The number of ether oxygens (including phenoxy) is 2. The van der Waals surface area contributed by atoms with E-state index in [0.29, 0.717) is 6.42 Å². The van der Waals surface area contributed by atoms with Gasteiger partial charge < -0.3 is 9.47 Å². The van der Waals surface area contributed by atoms with Gasteiger partial charge >= 0.3 is 11.9 Å². The highest BCUT2D eigenvalue weighted by atomic mass is 16.6. The molecule has 7 heteroatoms. The zero-order chi connectivity index (χ0) is 13.3. The number of hydrogen-bond acceptors (Lipinski definition) is 6. The van der Waals surface area contributed by atoms with Crippen LogP contribution in [-0.2, 0) is 19.1 Å². The molecule has 0 N–H and O–H groups in total. The summed E-state index contributed by atoms with van der Waals surface area (Å²) >= 11 is 0. The van der Waals surface area contributed by atoms with E-state index in [1.165, 1.54) is 14.0 Å². The molecule has 0 saturated carbocycles. The quantitative estimate of drug-likeness (QED) is 0.277. The van der Waals surface area contributed by atoms with Gasteiger partial charge in [-0.25, -0.2) is 5.01 Å². The summed E-state index contributed by atoms with van der Waals surface area (Å²) in [5.74, 6) is -0.938. The summed E-state index contributed by atoms with van der Waals surface area (Å²) in [6.45, 7) is 3.21. The third-order valence-corrected chi connectivity index (χ3v) is 2.05. The molecule has 0 bridgehead atoms. The smallest absolute Gasteiger partial charge is 0.307 e. The summed E-state index contributed by atoms with van der Waals surface area (Å²) < 4.78 is 9.40. The Hall–Kier alpha value is -1.66. The molecule has 0 aliphatic carbocycles. The molecule has 98 valence electrons. The van der Waals surface area contributed by atoms with Crippen LogP contribution < -0.4 is 0 Å². The van der Waals surface area contributed by atoms with E-state index in [-0.39, 0.29) is 13.0 Å². The van der Waals surface area contributed by atoms with Crippen LogP contribution in [0.3, 0.4) is 0 Å². The van der Waals surface area contributed by atoms with Crippen LogP contribution >= 0.6 is 0 Å². The van der Waals surface area contributed by atoms with Crippen molar-refractivity contribution in [2.24, 2.45) is 5.29 Å². The molecular weight excluding hydrogens is 228 g/mol. The van der Waals surface area contributed by atoms with E-state index < -0.39 is 18.2 Å². The third kappa shape index (κ3) is 6.49. The second kappa shape index (κ2) is 8.49. The Labute approximate surface area is 100.0 Å². The first-order valence-corrected chi connectivity index (χ1v) is 5.39. The second-order valence-corrected chi connectivity index (χ2v) is 3.42. The van der Waals surface area contributed by atoms with E-state index in [0.717, 1.165) is 11.4 Å². The predicted octanol–water partition coefficient (Wildman–Crippen LogP) is 1.22. The first-order valence-electron chi connectivity index (χ1n) is 5.39. The van der Waals surface area contributed by atoms with Crippen LogP contribution in [0.1, 0.15) is 33.1 Å². The van der Waals surface area contributed by atoms with Crippen LogP contribution in [-0.4, -0.2) is 36.8 Å². The van der Waals surface area contributed by atoms with Gasteiger partial charge in [-0.1, -0.05) is 13.3 Å². The van der Waals surface area contributed by atoms with Crippen molar-refractivity contribution in [2.45, 2.75) is 39.3 Å². The number of rotatable bonds is 8. The standard InChI is InChI=1S/C10H18N2O5/c1-4-5-9(17-8(2)13)12(11-15)7-6-10(14)16-3/h9H,4-7H2,1-3H3. The number of hydrogen-bond donors (Lipinski definition) is 0. The van der Waals surface area contributed by atoms with E-state index in [9.17, 15) is 14.5 Å². The molecule has 0 aliphatic heterocycles. The van der Waals surface area contributed by atoms with Gasteiger partial charge in [-0.15, -0.1) is 4.91 Å². The third-order valence-electron chi connectivity index (χ3n) is 2.05. The van der Waals surface area contributed by atoms with Crippen LogP contribution in [0.15, 0.2) is 5.29 Å². The summed E-state index contributed by atoms with van der Waals surface area (Å²) in [6, 6.07) is 0. The second-order valence-electron chi connectivity index (χ2n) is 3.42. The molecule has 0 aromatic heterocycles. The Kier molecular flexibility index (Phi) is 7.66. The molecule has 1 atom stereocenters. The molecule has 1 unspecified atom stereocenters. The van der Waals surface area contributed by atoms with Crippen LogP contribution in [0, 0.1) is 4.91 Å². The molecule has 0 aromatic rings. The zero-order valence-corrected chi connectivity index (χ0v) is 10.3. The van der Waals surface area contributed by atoms with Crippen LogP contribution in [0.2, 0.25) is 0 Å². The SMILES string of the molecule is CCCC(OC(C)=O)N(CCC(=O)OC)N=O. The predicted molar refractivity (Wildman–Crippen MR) is 59.6 cm³/mol. The van der Waals surface area contributed by atoms with E-state index in [1.54, 1.807) is 0 Å². The van der Waals surface area contributed by atoms with Crippen molar-refractivity contribution in [2.75, 3.05) is 13.7 Å². The Morgan fingerprint density at radius 1 is 1.41 bits per heavy atom. The fraction of sp³-hybridized carbons (Fsp3) is 0.800. The van der Waals surface area contributed by atoms with Crippen LogP contribution in [0.4, 0.5) is 0 Å². The van der Waals surface area contributed by atoms with Gasteiger partial charge in [-0.3, -0.25) is 9.59 Å². The Morgan fingerprint density at radius 3 is 2.47 bits per heavy atom. The maximum absolute atomic E-state index is 10.9. The van der Waals surface area contributed by atoms with Crippen molar-refractivity contribution in [3.63, 3.8) is 0 Å². The normalized spacial score (nSPS) is 11.5. The van der Waals surface area contributed by atoms with Gasteiger partial charge in [0.25, 0.3) is 0 Å². The number of nitroso groups, excluding NO2 is 1. The summed E-state index contributed by atoms with van der Waals surface area (Å²) in [5.41, 5.74) is 0. The number of esters is 2. The van der Waals surface area contributed by atoms with Crippen molar-refractivity contribution in [1.82, 2.24) is 5.01 Å². The Morgan fingerprint density at radius 2 is 2.06 bits per heavy atom.